The summed E-state index contributed by atoms with van der Waals surface area (Å²) in [7, 11) is 0. The zero-order valence-electron chi connectivity index (χ0n) is 17.4. The maximum absolute atomic E-state index is 5.89. The average molecular weight is 380 g/mol. The van der Waals surface area contributed by atoms with E-state index in [2.05, 4.69) is 55.1 Å². The van der Waals surface area contributed by atoms with Crippen LogP contribution >= 0.6 is 0 Å². The van der Waals surface area contributed by atoms with Crippen LogP contribution in [0.4, 0.5) is 0 Å². The van der Waals surface area contributed by atoms with Gasteiger partial charge in [0.05, 0.1) is 6.61 Å². The Morgan fingerprint density at radius 1 is 0.643 bits per heavy atom. The number of ether oxygens (including phenoxy) is 1. The molecule has 0 amide bonds. The van der Waals surface area contributed by atoms with Gasteiger partial charge in [0.25, 0.3) is 0 Å². The summed E-state index contributed by atoms with van der Waals surface area (Å²) in [5.41, 5.74) is 9.09. The lowest BCUT2D eigenvalue weighted by Crippen LogP contribution is -1.97. The van der Waals surface area contributed by atoms with Gasteiger partial charge < -0.3 is 10.5 Å². The fraction of sp³-hybridized carbons (Fsp3) is 0.462. The van der Waals surface area contributed by atoms with Gasteiger partial charge >= 0.3 is 0 Å². The van der Waals surface area contributed by atoms with Crippen LogP contribution in [0.25, 0.3) is 17.2 Å². The second-order valence-corrected chi connectivity index (χ2v) is 7.52. The summed E-state index contributed by atoms with van der Waals surface area (Å²) in [4.78, 5) is 0. The Balaban J connectivity index is 1.53. The van der Waals surface area contributed by atoms with Gasteiger partial charge in [-0.1, -0.05) is 100 Å². The molecule has 0 bridgehead atoms. The molecule has 2 rings (SSSR count). The molecule has 0 spiro atoms. The first-order valence-corrected chi connectivity index (χ1v) is 11.0. The first kappa shape index (κ1) is 22.2. The summed E-state index contributed by atoms with van der Waals surface area (Å²) in [5, 5.41) is 0. The lowest BCUT2D eigenvalue weighted by atomic mass is 10.0. The molecule has 0 aliphatic carbocycles. The molecule has 0 saturated heterocycles. The fourth-order valence-corrected chi connectivity index (χ4v) is 3.41. The molecule has 2 nitrogen and oxygen atoms in total. The summed E-state index contributed by atoms with van der Waals surface area (Å²) >= 11 is 0. The van der Waals surface area contributed by atoms with Crippen molar-refractivity contribution in [1.82, 2.24) is 0 Å². The molecule has 0 fully saturated rings. The van der Waals surface area contributed by atoms with Crippen LogP contribution in [-0.2, 0) is 0 Å². The van der Waals surface area contributed by atoms with Crippen molar-refractivity contribution in [2.75, 3.05) is 13.2 Å². The van der Waals surface area contributed by atoms with Gasteiger partial charge in [0.2, 0.25) is 0 Å². The van der Waals surface area contributed by atoms with Crippen LogP contribution < -0.4 is 10.5 Å². The monoisotopic (exact) mass is 379 g/mol. The minimum Gasteiger partial charge on any atom is -0.494 e. The van der Waals surface area contributed by atoms with E-state index in [0.717, 1.165) is 30.9 Å². The zero-order valence-corrected chi connectivity index (χ0v) is 17.4. The lowest BCUT2D eigenvalue weighted by molar-refractivity contribution is 0.304. The quantitative estimate of drug-likeness (QED) is 0.331. The van der Waals surface area contributed by atoms with Crippen LogP contribution in [0.3, 0.4) is 0 Å². The molecule has 2 heteroatoms. The largest absolute Gasteiger partial charge is 0.494 e. The summed E-state index contributed by atoms with van der Waals surface area (Å²) in [6.45, 7) is 5.45. The SMILES string of the molecule is C=Cc1ccc(-c2ccc(OCCCCCCCCCCCCN)cc2)cc1. The van der Waals surface area contributed by atoms with Crippen LogP contribution in [0.1, 0.15) is 69.8 Å². The molecule has 2 N–H and O–H groups in total. The molecule has 0 saturated carbocycles. The highest BCUT2D eigenvalue weighted by atomic mass is 16.5. The van der Waals surface area contributed by atoms with E-state index in [1.807, 2.05) is 6.08 Å². The van der Waals surface area contributed by atoms with Crippen LogP contribution in [0, 0.1) is 0 Å². The number of rotatable bonds is 15. The predicted octanol–water partition coefficient (Wildman–Crippen LogP) is 7.24. The van der Waals surface area contributed by atoms with E-state index in [0.29, 0.717) is 0 Å². The van der Waals surface area contributed by atoms with Gasteiger partial charge in [-0.15, -0.1) is 0 Å². The molecule has 0 atom stereocenters. The minimum absolute atomic E-state index is 0.812. The van der Waals surface area contributed by atoms with Crippen molar-refractivity contribution in [1.29, 1.82) is 0 Å². The van der Waals surface area contributed by atoms with Crippen LogP contribution in [0.15, 0.2) is 55.1 Å². The van der Waals surface area contributed by atoms with E-state index < -0.39 is 0 Å². The van der Waals surface area contributed by atoms with Gasteiger partial charge in [-0.2, -0.15) is 0 Å². The molecule has 0 aliphatic heterocycles. The van der Waals surface area contributed by atoms with Gasteiger partial charge in [0.15, 0.2) is 0 Å². The van der Waals surface area contributed by atoms with Gasteiger partial charge in [-0.3, -0.25) is 0 Å². The Morgan fingerprint density at radius 3 is 1.61 bits per heavy atom. The van der Waals surface area contributed by atoms with E-state index in [1.54, 1.807) is 0 Å². The van der Waals surface area contributed by atoms with Crippen molar-refractivity contribution in [3.63, 3.8) is 0 Å². The van der Waals surface area contributed by atoms with E-state index in [9.17, 15) is 0 Å². The Kier molecular flexibility index (Phi) is 11.1. The van der Waals surface area contributed by atoms with Gasteiger partial charge in [0, 0.05) is 0 Å². The molecule has 0 heterocycles. The number of benzene rings is 2. The maximum atomic E-state index is 5.89. The average Bonchev–Trinajstić information content (AvgIpc) is 2.75. The van der Waals surface area contributed by atoms with Crippen molar-refractivity contribution >= 4 is 6.08 Å². The summed E-state index contributed by atoms with van der Waals surface area (Å²) in [6.07, 6.45) is 14.9. The number of hydrogen-bond acceptors (Lipinski definition) is 2. The molecule has 0 radical (unpaired) electrons. The number of hydrogen-bond donors (Lipinski definition) is 1. The third-order valence-electron chi connectivity index (χ3n) is 5.20. The van der Waals surface area contributed by atoms with Crippen molar-refractivity contribution in [3.05, 3.63) is 60.7 Å². The highest BCUT2D eigenvalue weighted by molar-refractivity contribution is 5.66. The summed E-state index contributed by atoms with van der Waals surface area (Å²) in [6, 6.07) is 16.9. The van der Waals surface area contributed by atoms with Gasteiger partial charge in [0.1, 0.15) is 5.75 Å². The lowest BCUT2D eigenvalue weighted by Gasteiger charge is -2.08. The smallest absolute Gasteiger partial charge is 0.119 e. The fourth-order valence-electron chi connectivity index (χ4n) is 3.41. The van der Waals surface area contributed by atoms with E-state index in [4.69, 9.17) is 10.5 Å². The molecular formula is C26H37NO. The van der Waals surface area contributed by atoms with E-state index in [1.165, 1.54) is 68.9 Å². The Bertz CT molecular complexity index is 645. The highest BCUT2D eigenvalue weighted by Crippen LogP contribution is 2.23. The number of unbranched alkanes of at least 4 members (excludes halogenated alkanes) is 9. The Morgan fingerprint density at radius 2 is 1.11 bits per heavy atom. The van der Waals surface area contributed by atoms with E-state index in [-0.39, 0.29) is 0 Å². The maximum Gasteiger partial charge on any atom is 0.119 e. The van der Waals surface area contributed by atoms with Crippen LogP contribution in [0.5, 0.6) is 5.75 Å². The van der Waals surface area contributed by atoms with Crippen molar-refractivity contribution in [2.45, 2.75) is 64.2 Å². The molecule has 0 aliphatic rings. The number of nitrogens with two attached hydrogens (primary N) is 1. The Hall–Kier alpha value is -2.06. The van der Waals surface area contributed by atoms with Crippen molar-refractivity contribution in [2.24, 2.45) is 5.73 Å². The van der Waals surface area contributed by atoms with Crippen molar-refractivity contribution in [3.8, 4) is 16.9 Å². The molecule has 2 aromatic rings. The third kappa shape index (κ3) is 8.75. The van der Waals surface area contributed by atoms with Crippen molar-refractivity contribution < 1.29 is 4.74 Å². The zero-order chi connectivity index (χ0) is 19.9. The molecule has 2 aromatic carbocycles. The van der Waals surface area contributed by atoms with Gasteiger partial charge in [-0.25, -0.2) is 0 Å². The van der Waals surface area contributed by atoms with Crippen LogP contribution in [-0.4, -0.2) is 13.2 Å². The first-order chi connectivity index (χ1) is 13.8. The van der Waals surface area contributed by atoms with Gasteiger partial charge in [-0.05, 0) is 48.2 Å². The Labute approximate surface area is 171 Å². The topological polar surface area (TPSA) is 35.2 Å². The third-order valence-corrected chi connectivity index (χ3v) is 5.20. The predicted molar refractivity (Wildman–Crippen MR) is 123 cm³/mol. The van der Waals surface area contributed by atoms with E-state index >= 15 is 0 Å². The molecular weight excluding hydrogens is 342 g/mol. The van der Waals surface area contributed by atoms with Crippen LogP contribution in [0.2, 0.25) is 0 Å². The highest BCUT2D eigenvalue weighted by Gasteiger charge is 1.99. The minimum atomic E-state index is 0.812. The summed E-state index contributed by atoms with van der Waals surface area (Å²) in [5.74, 6) is 0.962. The molecule has 0 unspecified atom stereocenters. The molecule has 152 valence electrons. The first-order valence-electron chi connectivity index (χ1n) is 11.0. The standard InChI is InChI=1S/C26H37NO/c1-2-23-13-15-24(16-14-23)25-17-19-26(20-18-25)28-22-12-10-8-6-4-3-5-7-9-11-21-27/h2,13-20H,1,3-12,21-22,27H2. The second-order valence-electron chi connectivity index (χ2n) is 7.52. The second kappa shape index (κ2) is 14.0. The normalized spacial score (nSPS) is 10.8. The molecule has 0 aromatic heterocycles. The molecule has 28 heavy (non-hydrogen) atoms. The summed E-state index contributed by atoms with van der Waals surface area (Å²) < 4.78 is 5.89.